The van der Waals surface area contributed by atoms with Gasteiger partial charge in [-0.3, -0.25) is 0 Å². The van der Waals surface area contributed by atoms with Gasteiger partial charge in [0.15, 0.2) is 5.11 Å². The number of benzene rings is 2. The molecular formula is C27H31N7S. The van der Waals surface area contributed by atoms with Crippen molar-refractivity contribution in [1.82, 2.24) is 15.3 Å². The predicted molar refractivity (Wildman–Crippen MR) is 149 cm³/mol. The highest BCUT2D eigenvalue weighted by molar-refractivity contribution is 7.80. The number of nitrogens with one attached hydrogen (secondary N) is 2. The Morgan fingerprint density at radius 2 is 1.51 bits per heavy atom. The van der Waals surface area contributed by atoms with Crippen LogP contribution in [0.1, 0.15) is 11.1 Å². The van der Waals surface area contributed by atoms with Gasteiger partial charge >= 0.3 is 0 Å². The molecule has 5 rings (SSSR count). The lowest BCUT2D eigenvalue weighted by Gasteiger charge is -2.37. The van der Waals surface area contributed by atoms with Crippen molar-refractivity contribution in [2.45, 2.75) is 13.0 Å². The van der Waals surface area contributed by atoms with Crippen LogP contribution in [0.4, 0.5) is 23.3 Å². The fourth-order valence-electron chi connectivity index (χ4n) is 4.64. The first kappa shape index (κ1) is 23.1. The van der Waals surface area contributed by atoms with Crippen molar-refractivity contribution in [1.29, 1.82) is 0 Å². The van der Waals surface area contributed by atoms with E-state index in [2.05, 4.69) is 92.6 Å². The molecule has 2 N–H and O–H groups in total. The highest BCUT2D eigenvalue weighted by Crippen LogP contribution is 2.28. The average Bonchev–Trinajstić information content (AvgIpc) is 2.92. The number of piperazine rings is 1. The molecule has 0 unspecified atom stereocenters. The van der Waals surface area contributed by atoms with Crippen molar-refractivity contribution < 1.29 is 0 Å². The Hall–Kier alpha value is -3.65. The first-order valence-electron chi connectivity index (χ1n) is 12.1. The van der Waals surface area contributed by atoms with Crippen molar-refractivity contribution in [2.75, 3.05) is 59.3 Å². The Balaban J connectivity index is 1.37. The number of thiocarbonyl (C=S) groups is 1. The Labute approximate surface area is 212 Å². The molecule has 0 amide bonds. The number of rotatable bonds is 6. The highest BCUT2D eigenvalue weighted by atomic mass is 32.1. The van der Waals surface area contributed by atoms with E-state index in [-0.39, 0.29) is 0 Å². The molecule has 0 saturated carbocycles. The topological polar surface area (TPSA) is 59.6 Å². The van der Waals surface area contributed by atoms with Crippen LogP contribution in [-0.4, -0.2) is 54.3 Å². The lowest BCUT2D eigenvalue weighted by Crippen LogP contribution is -2.47. The molecule has 0 bridgehead atoms. The zero-order valence-corrected chi connectivity index (χ0v) is 20.7. The second-order valence-corrected chi connectivity index (χ2v) is 9.19. The lowest BCUT2D eigenvalue weighted by atomic mass is 10.00. The van der Waals surface area contributed by atoms with Crippen LogP contribution in [0.2, 0.25) is 0 Å². The lowest BCUT2D eigenvalue weighted by molar-refractivity contribution is 0.646. The molecule has 1 aromatic heterocycles. The summed E-state index contributed by atoms with van der Waals surface area (Å²) in [6, 6.07) is 21.4. The summed E-state index contributed by atoms with van der Waals surface area (Å²) in [5.74, 6) is 2.36. The van der Waals surface area contributed by atoms with E-state index in [4.69, 9.17) is 22.2 Å². The smallest absolute Gasteiger partial charge is 0.232 e. The third-order valence-electron chi connectivity index (χ3n) is 6.51. The van der Waals surface area contributed by atoms with E-state index in [0.29, 0.717) is 17.6 Å². The molecule has 0 aliphatic carbocycles. The van der Waals surface area contributed by atoms with E-state index in [1.54, 1.807) is 6.08 Å². The molecule has 180 valence electrons. The fourth-order valence-corrected chi connectivity index (χ4v) is 4.81. The number of aromatic nitrogens is 2. The van der Waals surface area contributed by atoms with Gasteiger partial charge in [-0.2, -0.15) is 9.97 Å². The first-order chi connectivity index (χ1) is 17.2. The summed E-state index contributed by atoms with van der Waals surface area (Å²) in [5, 5.41) is 6.77. The van der Waals surface area contributed by atoms with Crippen LogP contribution in [-0.2, 0) is 13.0 Å². The van der Waals surface area contributed by atoms with Gasteiger partial charge in [0, 0.05) is 57.6 Å². The molecule has 0 spiro atoms. The number of fused-ring (bicyclic) bond motifs is 1. The fraction of sp³-hybridized carbons (Fsp3) is 0.296. The van der Waals surface area contributed by atoms with Crippen molar-refractivity contribution in [3.8, 4) is 0 Å². The molecule has 3 heterocycles. The summed E-state index contributed by atoms with van der Waals surface area (Å²) in [7, 11) is 0. The van der Waals surface area contributed by atoms with Crippen molar-refractivity contribution >= 4 is 40.6 Å². The molecule has 1 fully saturated rings. The van der Waals surface area contributed by atoms with Crippen LogP contribution in [0, 0.1) is 0 Å². The van der Waals surface area contributed by atoms with Crippen molar-refractivity contribution in [3.05, 3.63) is 84.4 Å². The Morgan fingerprint density at radius 1 is 0.857 bits per heavy atom. The summed E-state index contributed by atoms with van der Waals surface area (Å²) in [4.78, 5) is 16.8. The quantitative estimate of drug-likeness (QED) is 0.404. The van der Waals surface area contributed by atoms with Gasteiger partial charge in [0.05, 0.1) is 0 Å². The normalized spacial score (nSPS) is 15.4. The summed E-state index contributed by atoms with van der Waals surface area (Å²) < 4.78 is 0. The number of nitrogens with zero attached hydrogens (tertiary/aromatic N) is 5. The molecule has 3 aromatic rings. The van der Waals surface area contributed by atoms with E-state index in [1.165, 1.54) is 16.8 Å². The van der Waals surface area contributed by atoms with Crippen LogP contribution in [0.5, 0.6) is 0 Å². The van der Waals surface area contributed by atoms with Gasteiger partial charge in [-0.05, 0) is 41.9 Å². The van der Waals surface area contributed by atoms with E-state index in [0.717, 1.165) is 57.3 Å². The number of anilines is 4. The molecule has 0 radical (unpaired) electrons. The largest absolute Gasteiger partial charge is 0.368 e. The van der Waals surface area contributed by atoms with Gasteiger partial charge in [0.2, 0.25) is 5.95 Å². The van der Waals surface area contributed by atoms with Gasteiger partial charge in [0.25, 0.3) is 0 Å². The third-order valence-corrected chi connectivity index (χ3v) is 6.76. The van der Waals surface area contributed by atoms with Gasteiger partial charge in [-0.15, -0.1) is 6.58 Å². The number of para-hydroxylation sites is 1. The molecule has 1 saturated heterocycles. The predicted octanol–water partition coefficient (Wildman–Crippen LogP) is 3.84. The van der Waals surface area contributed by atoms with Crippen molar-refractivity contribution in [2.24, 2.45) is 0 Å². The maximum Gasteiger partial charge on any atom is 0.232 e. The van der Waals surface area contributed by atoms with Gasteiger partial charge in [-0.25, -0.2) is 0 Å². The molecular weight excluding hydrogens is 454 g/mol. The van der Waals surface area contributed by atoms with Gasteiger partial charge < -0.3 is 25.3 Å². The molecule has 8 heteroatoms. The second kappa shape index (κ2) is 10.7. The van der Waals surface area contributed by atoms with Crippen LogP contribution in [0.15, 0.2) is 73.3 Å². The minimum atomic E-state index is 0.492. The summed E-state index contributed by atoms with van der Waals surface area (Å²) in [5.41, 5.74) is 4.04. The van der Waals surface area contributed by atoms with Crippen LogP contribution in [0.25, 0.3) is 0 Å². The summed E-state index contributed by atoms with van der Waals surface area (Å²) in [6.45, 7) is 9.77. The minimum Gasteiger partial charge on any atom is -0.368 e. The number of hydrogen-bond acceptors (Lipinski definition) is 6. The Morgan fingerprint density at radius 3 is 2.26 bits per heavy atom. The number of hydrogen-bond donors (Lipinski definition) is 2. The maximum atomic E-state index is 5.44. The molecule has 7 nitrogen and oxygen atoms in total. The molecule has 35 heavy (non-hydrogen) atoms. The highest BCUT2D eigenvalue weighted by Gasteiger charge is 2.23. The first-order valence-corrected chi connectivity index (χ1v) is 12.5. The third kappa shape index (κ3) is 5.54. The van der Waals surface area contributed by atoms with Crippen molar-refractivity contribution in [3.63, 3.8) is 0 Å². The summed E-state index contributed by atoms with van der Waals surface area (Å²) >= 11 is 5.44. The zero-order chi connectivity index (χ0) is 24.0. The van der Waals surface area contributed by atoms with E-state index in [9.17, 15) is 0 Å². The molecule has 0 atom stereocenters. The Bertz CT molecular complexity index is 1180. The average molecular weight is 486 g/mol. The molecule has 2 aliphatic heterocycles. The Kier molecular flexibility index (Phi) is 7.09. The maximum absolute atomic E-state index is 5.44. The second-order valence-electron chi connectivity index (χ2n) is 8.78. The van der Waals surface area contributed by atoms with Crippen LogP contribution >= 0.6 is 12.2 Å². The molecule has 2 aromatic carbocycles. The zero-order valence-electron chi connectivity index (χ0n) is 19.9. The molecule has 2 aliphatic rings. The SMILES string of the molecule is C=CCNC(=S)Nc1nc(N2CCN(c3ccccc3)CC2)cc(N2CCc3ccccc3C2)n1. The van der Waals surface area contributed by atoms with Crippen LogP contribution in [0.3, 0.4) is 0 Å². The van der Waals surface area contributed by atoms with E-state index < -0.39 is 0 Å². The van der Waals surface area contributed by atoms with E-state index >= 15 is 0 Å². The standard InChI is InChI=1S/C27H31N7S/c1-2-13-28-27(35)31-26-29-24(33-17-15-32(16-18-33)23-10-4-3-5-11-23)19-25(30-26)34-14-12-21-8-6-7-9-22(21)20-34/h2-11,19H,1,12-18,20H2,(H2,28,29,30,31,35). The summed E-state index contributed by atoms with van der Waals surface area (Å²) in [6.07, 6.45) is 2.78. The van der Waals surface area contributed by atoms with Crippen LogP contribution < -0.4 is 25.3 Å². The van der Waals surface area contributed by atoms with Gasteiger partial charge in [-0.1, -0.05) is 48.5 Å². The minimum absolute atomic E-state index is 0.492. The monoisotopic (exact) mass is 485 g/mol. The van der Waals surface area contributed by atoms with Gasteiger partial charge in [0.1, 0.15) is 11.6 Å². The van der Waals surface area contributed by atoms with E-state index in [1.807, 2.05) is 0 Å².